The standard InChI is InChI=1S/C11H18NO/c1-10(2)12(3,13-4)11-8-6-5-7-9-11/h5-10H,1-4H3/q+1. The number of nitrogens with zero attached hydrogens (tertiary/aromatic N) is 1. The molecule has 0 aliphatic rings. The SMILES string of the molecule is CO[N+](C)(c1ccccc1)C(C)C. The van der Waals surface area contributed by atoms with Gasteiger partial charge in [-0.25, -0.2) is 4.84 Å². The Bertz CT molecular complexity index is 258. The largest absolute Gasteiger partial charge is 0.201 e. The van der Waals surface area contributed by atoms with Crippen molar-refractivity contribution in [3.63, 3.8) is 0 Å². The molecule has 1 aromatic carbocycles. The maximum atomic E-state index is 5.52. The van der Waals surface area contributed by atoms with E-state index in [-0.39, 0.29) is 0 Å². The lowest BCUT2D eigenvalue weighted by molar-refractivity contribution is -0.121. The van der Waals surface area contributed by atoms with E-state index in [9.17, 15) is 0 Å². The van der Waals surface area contributed by atoms with Gasteiger partial charge in [0.25, 0.3) is 0 Å². The average molecular weight is 180 g/mol. The summed E-state index contributed by atoms with van der Waals surface area (Å²) in [5.41, 5.74) is 1.18. The van der Waals surface area contributed by atoms with Crippen LogP contribution in [0.3, 0.4) is 0 Å². The van der Waals surface area contributed by atoms with E-state index < -0.39 is 0 Å². The maximum Gasteiger partial charge on any atom is 0.165 e. The number of para-hydroxylation sites is 1. The molecule has 0 saturated heterocycles. The van der Waals surface area contributed by atoms with E-state index in [1.807, 2.05) is 18.2 Å². The molecule has 72 valence electrons. The minimum Gasteiger partial charge on any atom is -0.201 e. The number of benzene rings is 1. The first-order valence-electron chi connectivity index (χ1n) is 4.59. The number of hydrogen-bond acceptors (Lipinski definition) is 1. The highest BCUT2D eigenvalue weighted by Crippen LogP contribution is 2.23. The molecular formula is C11H18NO+. The molecule has 2 heteroatoms. The van der Waals surface area contributed by atoms with Gasteiger partial charge in [-0.15, -0.1) is 4.65 Å². The highest BCUT2D eigenvalue weighted by Gasteiger charge is 2.29. The van der Waals surface area contributed by atoms with Crippen molar-refractivity contribution >= 4 is 5.69 Å². The second kappa shape index (κ2) is 3.90. The molecule has 0 radical (unpaired) electrons. The van der Waals surface area contributed by atoms with E-state index >= 15 is 0 Å². The van der Waals surface area contributed by atoms with Crippen molar-refractivity contribution < 1.29 is 4.84 Å². The minimum absolute atomic E-state index is 0.410. The van der Waals surface area contributed by atoms with Gasteiger partial charge in [0.05, 0.1) is 7.11 Å². The van der Waals surface area contributed by atoms with Gasteiger partial charge in [0.2, 0.25) is 0 Å². The van der Waals surface area contributed by atoms with Crippen molar-refractivity contribution in [3.8, 4) is 0 Å². The molecule has 1 rings (SSSR count). The summed E-state index contributed by atoms with van der Waals surface area (Å²) in [6.45, 7) is 4.30. The molecule has 0 aliphatic heterocycles. The normalized spacial score (nSPS) is 15.8. The molecule has 13 heavy (non-hydrogen) atoms. The van der Waals surface area contributed by atoms with Gasteiger partial charge < -0.3 is 0 Å². The van der Waals surface area contributed by atoms with Gasteiger partial charge >= 0.3 is 0 Å². The summed E-state index contributed by atoms with van der Waals surface area (Å²) < 4.78 is 0.515. The summed E-state index contributed by atoms with van der Waals surface area (Å²) in [7, 11) is 3.81. The summed E-state index contributed by atoms with van der Waals surface area (Å²) >= 11 is 0. The van der Waals surface area contributed by atoms with E-state index in [1.54, 1.807) is 7.11 Å². The molecule has 0 heterocycles. The zero-order chi connectivity index (χ0) is 9.90. The van der Waals surface area contributed by atoms with Crippen molar-refractivity contribution in [3.05, 3.63) is 30.3 Å². The van der Waals surface area contributed by atoms with Gasteiger partial charge in [-0.2, -0.15) is 0 Å². The van der Waals surface area contributed by atoms with Crippen LogP contribution < -0.4 is 4.65 Å². The van der Waals surface area contributed by atoms with Gasteiger partial charge in [-0.05, 0) is 13.8 Å². The van der Waals surface area contributed by atoms with Crippen molar-refractivity contribution in [1.82, 2.24) is 4.65 Å². The van der Waals surface area contributed by atoms with Crippen LogP contribution in [0.2, 0.25) is 0 Å². The third kappa shape index (κ3) is 1.90. The van der Waals surface area contributed by atoms with E-state index in [1.165, 1.54) is 5.69 Å². The van der Waals surface area contributed by atoms with E-state index in [0.29, 0.717) is 10.7 Å². The van der Waals surface area contributed by atoms with E-state index in [4.69, 9.17) is 4.84 Å². The van der Waals surface area contributed by atoms with Crippen LogP contribution in [0.25, 0.3) is 0 Å². The lowest BCUT2D eigenvalue weighted by Crippen LogP contribution is -2.49. The monoisotopic (exact) mass is 180 g/mol. The van der Waals surface area contributed by atoms with Crippen LogP contribution in [0.1, 0.15) is 13.8 Å². The fourth-order valence-electron chi connectivity index (χ4n) is 1.34. The Morgan fingerprint density at radius 1 is 1.15 bits per heavy atom. The molecule has 0 fully saturated rings. The summed E-state index contributed by atoms with van der Waals surface area (Å²) in [6, 6.07) is 10.7. The van der Waals surface area contributed by atoms with Gasteiger partial charge in [-0.3, -0.25) is 0 Å². The van der Waals surface area contributed by atoms with Crippen LogP contribution in [0.5, 0.6) is 0 Å². The average Bonchev–Trinajstić information content (AvgIpc) is 2.17. The Kier molecular flexibility index (Phi) is 3.07. The summed E-state index contributed by atoms with van der Waals surface area (Å²) in [5, 5.41) is 0. The van der Waals surface area contributed by atoms with E-state index in [2.05, 4.69) is 33.0 Å². The number of quaternary nitrogens is 1. The quantitative estimate of drug-likeness (QED) is 0.513. The lowest BCUT2D eigenvalue weighted by atomic mass is 10.2. The fourth-order valence-corrected chi connectivity index (χ4v) is 1.34. The van der Waals surface area contributed by atoms with Crippen molar-refractivity contribution in [2.24, 2.45) is 0 Å². The lowest BCUT2D eigenvalue weighted by Gasteiger charge is -2.33. The van der Waals surface area contributed by atoms with Crippen LogP contribution in [-0.2, 0) is 4.84 Å². The predicted octanol–water partition coefficient (Wildman–Crippen LogP) is 2.59. The maximum absolute atomic E-state index is 5.52. The van der Waals surface area contributed by atoms with E-state index in [0.717, 1.165) is 0 Å². The Morgan fingerprint density at radius 3 is 2.08 bits per heavy atom. The molecule has 0 N–H and O–H groups in total. The molecule has 1 aromatic rings. The van der Waals surface area contributed by atoms with Gasteiger partial charge in [-0.1, -0.05) is 18.2 Å². The Hall–Kier alpha value is -0.860. The second-order valence-corrected chi connectivity index (χ2v) is 3.60. The zero-order valence-electron chi connectivity index (χ0n) is 8.82. The first-order chi connectivity index (χ1) is 6.11. The first-order valence-corrected chi connectivity index (χ1v) is 4.59. The molecule has 2 nitrogen and oxygen atoms in total. The number of hydrogen-bond donors (Lipinski definition) is 0. The third-order valence-electron chi connectivity index (χ3n) is 2.63. The number of hydroxylamine groups is 2. The molecule has 0 saturated carbocycles. The highest BCUT2D eigenvalue weighted by atomic mass is 16.7. The van der Waals surface area contributed by atoms with Crippen LogP contribution in [0.15, 0.2) is 30.3 Å². The van der Waals surface area contributed by atoms with Crippen molar-refractivity contribution in [1.29, 1.82) is 0 Å². The second-order valence-electron chi connectivity index (χ2n) is 3.60. The molecule has 0 aliphatic carbocycles. The number of rotatable bonds is 3. The highest BCUT2D eigenvalue weighted by molar-refractivity contribution is 5.40. The molecule has 0 bridgehead atoms. The van der Waals surface area contributed by atoms with Gasteiger partial charge in [0, 0.05) is 12.1 Å². The summed E-state index contributed by atoms with van der Waals surface area (Å²) in [4.78, 5) is 5.52. The fraction of sp³-hybridized carbons (Fsp3) is 0.455. The van der Waals surface area contributed by atoms with Gasteiger partial charge in [0.15, 0.2) is 5.69 Å². The molecule has 1 atom stereocenters. The Labute approximate surface area is 80.3 Å². The smallest absolute Gasteiger partial charge is 0.165 e. The molecule has 0 spiro atoms. The van der Waals surface area contributed by atoms with Crippen molar-refractivity contribution in [2.45, 2.75) is 19.9 Å². The van der Waals surface area contributed by atoms with Crippen LogP contribution in [0.4, 0.5) is 5.69 Å². The van der Waals surface area contributed by atoms with Crippen molar-refractivity contribution in [2.75, 3.05) is 14.2 Å². The van der Waals surface area contributed by atoms with Crippen LogP contribution in [-0.4, -0.2) is 20.2 Å². The third-order valence-corrected chi connectivity index (χ3v) is 2.63. The van der Waals surface area contributed by atoms with Gasteiger partial charge in [0.1, 0.15) is 13.1 Å². The molecular weight excluding hydrogens is 162 g/mol. The molecule has 0 amide bonds. The Morgan fingerprint density at radius 2 is 1.69 bits per heavy atom. The predicted molar refractivity (Wildman–Crippen MR) is 56.3 cm³/mol. The molecule has 1 unspecified atom stereocenters. The summed E-state index contributed by atoms with van der Waals surface area (Å²) in [6.07, 6.45) is 0. The topological polar surface area (TPSA) is 9.23 Å². The Balaban J connectivity index is 3.03. The van der Waals surface area contributed by atoms with Crippen LogP contribution >= 0.6 is 0 Å². The first kappa shape index (κ1) is 10.2. The molecule has 0 aromatic heterocycles. The minimum atomic E-state index is 0.410. The summed E-state index contributed by atoms with van der Waals surface area (Å²) in [5.74, 6) is 0. The zero-order valence-corrected chi connectivity index (χ0v) is 8.82. The van der Waals surface area contributed by atoms with Crippen LogP contribution in [0, 0.1) is 0 Å².